The number of nitrogens with one attached hydrogen (secondary N) is 2. The predicted molar refractivity (Wildman–Crippen MR) is 82.3 cm³/mol. The van der Waals surface area contributed by atoms with Crippen LogP contribution < -0.4 is 16.4 Å². The Bertz CT molecular complexity index is 558. The predicted octanol–water partition coefficient (Wildman–Crippen LogP) is 1.36. The molecule has 0 aliphatic rings. The minimum absolute atomic E-state index is 0.195. The number of benzene rings is 1. The van der Waals surface area contributed by atoms with E-state index in [4.69, 9.17) is 10.5 Å². The Morgan fingerprint density at radius 1 is 1.27 bits per heavy atom. The van der Waals surface area contributed by atoms with Gasteiger partial charge in [0.2, 0.25) is 0 Å². The number of imide groups is 1. The van der Waals surface area contributed by atoms with Crippen LogP contribution >= 0.6 is 0 Å². The third kappa shape index (κ3) is 5.43. The van der Waals surface area contributed by atoms with Gasteiger partial charge in [-0.05, 0) is 25.0 Å². The molecule has 0 bridgehead atoms. The van der Waals surface area contributed by atoms with Gasteiger partial charge in [0.25, 0.3) is 5.91 Å². The molecule has 7 nitrogen and oxygen atoms in total. The first-order valence-electron chi connectivity index (χ1n) is 7.05. The number of carbonyl (C=O) groups excluding carboxylic acids is 3. The fraction of sp³-hybridized carbons (Fsp3) is 0.400. The van der Waals surface area contributed by atoms with Crippen LogP contribution in [0.1, 0.15) is 35.7 Å². The third-order valence-corrected chi connectivity index (χ3v) is 2.95. The molecule has 3 amide bonds. The lowest BCUT2D eigenvalue weighted by atomic mass is 10.1. The number of hydrogen-bond acceptors (Lipinski definition) is 5. The second-order valence-electron chi connectivity index (χ2n) is 4.77. The van der Waals surface area contributed by atoms with E-state index in [1.54, 1.807) is 19.1 Å². The van der Waals surface area contributed by atoms with Crippen molar-refractivity contribution in [1.29, 1.82) is 0 Å². The highest BCUT2D eigenvalue weighted by Crippen LogP contribution is 2.17. The van der Waals surface area contributed by atoms with Crippen LogP contribution in [0, 0.1) is 6.92 Å². The Balaban J connectivity index is 2.42. The van der Waals surface area contributed by atoms with Crippen molar-refractivity contribution in [2.45, 2.75) is 26.7 Å². The largest absolute Gasteiger partial charge is 0.452 e. The highest BCUT2D eigenvalue weighted by atomic mass is 16.5. The first-order valence-corrected chi connectivity index (χ1v) is 7.05. The van der Waals surface area contributed by atoms with Crippen molar-refractivity contribution in [3.05, 3.63) is 29.3 Å². The van der Waals surface area contributed by atoms with Crippen LogP contribution in [0.25, 0.3) is 0 Å². The van der Waals surface area contributed by atoms with E-state index in [2.05, 4.69) is 10.6 Å². The molecule has 1 aromatic rings. The molecule has 0 saturated carbocycles. The molecule has 22 heavy (non-hydrogen) atoms. The maximum atomic E-state index is 11.8. The Morgan fingerprint density at radius 3 is 2.68 bits per heavy atom. The Hall–Kier alpha value is -2.57. The van der Waals surface area contributed by atoms with Crippen molar-refractivity contribution < 1.29 is 19.1 Å². The van der Waals surface area contributed by atoms with E-state index < -0.39 is 24.5 Å². The third-order valence-electron chi connectivity index (χ3n) is 2.95. The van der Waals surface area contributed by atoms with Crippen LogP contribution in [0.15, 0.2) is 18.2 Å². The van der Waals surface area contributed by atoms with Gasteiger partial charge in [-0.15, -0.1) is 0 Å². The second-order valence-corrected chi connectivity index (χ2v) is 4.77. The van der Waals surface area contributed by atoms with Crippen molar-refractivity contribution in [2.75, 3.05) is 18.9 Å². The molecule has 1 aromatic carbocycles. The monoisotopic (exact) mass is 307 g/mol. The summed E-state index contributed by atoms with van der Waals surface area (Å²) in [6.07, 6.45) is 1.76. The normalized spacial score (nSPS) is 9.91. The molecule has 0 heterocycles. The van der Waals surface area contributed by atoms with Crippen LogP contribution in [-0.2, 0) is 9.53 Å². The minimum atomic E-state index is -0.706. The molecule has 120 valence electrons. The van der Waals surface area contributed by atoms with Crippen LogP contribution in [0.2, 0.25) is 0 Å². The second kappa shape index (κ2) is 8.66. The van der Waals surface area contributed by atoms with Gasteiger partial charge in [0.05, 0.1) is 5.56 Å². The molecule has 0 unspecified atom stereocenters. The summed E-state index contributed by atoms with van der Waals surface area (Å²) >= 11 is 0. The van der Waals surface area contributed by atoms with Crippen molar-refractivity contribution in [2.24, 2.45) is 0 Å². The van der Waals surface area contributed by atoms with Gasteiger partial charge in [-0.3, -0.25) is 10.1 Å². The average Bonchev–Trinajstić information content (AvgIpc) is 2.48. The van der Waals surface area contributed by atoms with E-state index in [1.165, 1.54) is 6.07 Å². The van der Waals surface area contributed by atoms with Crippen LogP contribution in [0.4, 0.5) is 10.5 Å². The molecule has 0 atom stereocenters. The van der Waals surface area contributed by atoms with Gasteiger partial charge in [0, 0.05) is 12.2 Å². The summed E-state index contributed by atoms with van der Waals surface area (Å²) in [6.45, 7) is 3.68. The van der Waals surface area contributed by atoms with Crippen LogP contribution in [0.5, 0.6) is 0 Å². The van der Waals surface area contributed by atoms with E-state index in [0.717, 1.165) is 18.4 Å². The summed E-state index contributed by atoms with van der Waals surface area (Å²) in [7, 11) is 0. The standard InChI is InChI=1S/C15H21N3O4/c1-3-4-8-17-15(21)18-12(19)9-22-14(20)11-7-5-6-10(2)13(11)16/h5-7H,3-4,8-9,16H2,1-2H3,(H2,17,18,19,21). The number of amides is 3. The smallest absolute Gasteiger partial charge is 0.340 e. The molecule has 1 rings (SSSR count). The van der Waals surface area contributed by atoms with Crippen LogP contribution in [-0.4, -0.2) is 31.1 Å². The number of nitrogen functional groups attached to an aromatic ring is 1. The summed E-state index contributed by atoms with van der Waals surface area (Å²) in [5, 5.41) is 4.59. The maximum Gasteiger partial charge on any atom is 0.340 e. The first-order chi connectivity index (χ1) is 10.5. The molecule has 0 saturated heterocycles. The number of rotatable bonds is 6. The molecule has 0 radical (unpaired) electrons. The first kappa shape index (κ1) is 17.5. The number of esters is 1. The number of aryl methyl sites for hydroxylation is 1. The summed E-state index contributed by atoms with van der Waals surface area (Å²) in [5.41, 5.74) is 7.02. The van der Waals surface area contributed by atoms with E-state index in [9.17, 15) is 14.4 Å². The van der Waals surface area contributed by atoms with Crippen molar-refractivity contribution in [3.8, 4) is 0 Å². The lowest BCUT2D eigenvalue weighted by Crippen LogP contribution is -2.41. The Labute approximate surface area is 129 Å². The quantitative estimate of drug-likeness (QED) is 0.417. The number of urea groups is 1. The number of para-hydroxylation sites is 1. The SMILES string of the molecule is CCCCNC(=O)NC(=O)COC(=O)c1cccc(C)c1N. The Morgan fingerprint density at radius 2 is 2.00 bits per heavy atom. The van der Waals surface area contributed by atoms with E-state index in [1.807, 2.05) is 6.92 Å². The number of unbranched alkanes of at least 4 members (excludes halogenated alkanes) is 1. The minimum Gasteiger partial charge on any atom is -0.452 e. The summed E-state index contributed by atoms with van der Waals surface area (Å²) < 4.78 is 4.84. The van der Waals surface area contributed by atoms with Gasteiger partial charge >= 0.3 is 12.0 Å². The molecular formula is C15H21N3O4. The van der Waals surface area contributed by atoms with Gasteiger partial charge < -0.3 is 15.8 Å². The van der Waals surface area contributed by atoms with Crippen LogP contribution in [0.3, 0.4) is 0 Å². The molecule has 0 aliphatic carbocycles. The highest BCUT2D eigenvalue weighted by Gasteiger charge is 2.15. The van der Waals surface area contributed by atoms with Gasteiger partial charge in [-0.2, -0.15) is 0 Å². The van der Waals surface area contributed by atoms with Gasteiger partial charge in [-0.25, -0.2) is 9.59 Å². The van der Waals surface area contributed by atoms with E-state index in [0.29, 0.717) is 12.2 Å². The van der Waals surface area contributed by atoms with Crippen molar-refractivity contribution in [1.82, 2.24) is 10.6 Å². The number of nitrogens with two attached hydrogens (primary N) is 1. The van der Waals surface area contributed by atoms with Gasteiger partial charge in [-0.1, -0.05) is 25.5 Å². The fourth-order valence-corrected chi connectivity index (χ4v) is 1.65. The highest BCUT2D eigenvalue weighted by molar-refractivity contribution is 5.99. The lowest BCUT2D eigenvalue weighted by molar-refractivity contribution is -0.123. The topological polar surface area (TPSA) is 111 Å². The zero-order valence-corrected chi connectivity index (χ0v) is 12.8. The summed E-state index contributed by atoms with van der Waals surface area (Å²) in [6, 6.07) is 4.34. The average molecular weight is 307 g/mol. The summed E-state index contributed by atoms with van der Waals surface area (Å²) in [5.74, 6) is -1.41. The molecule has 7 heteroatoms. The fourth-order valence-electron chi connectivity index (χ4n) is 1.65. The zero-order valence-electron chi connectivity index (χ0n) is 12.8. The maximum absolute atomic E-state index is 11.8. The number of anilines is 1. The summed E-state index contributed by atoms with van der Waals surface area (Å²) in [4.78, 5) is 34.7. The lowest BCUT2D eigenvalue weighted by Gasteiger charge is -2.09. The molecule has 0 spiro atoms. The molecule has 0 aromatic heterocycles. The molecule has 0 fully saturated rings. The molecule has 4 N–H and O–H groups in total. The van der Waals surface area contributed by atoms with E-state index in [-0.39, 0.29) is 5.56 Å². The Kier molecular flexibility index (Phi) is 6.88. The van der Waals surface area contributed by atoms with Gasteiger partial charge in [0.15, 0.2) is 6.61 Å². The number of hydrogen-bond donors (Lipinski definition) is 3. The van der Waals surface area contributed by atoms with Crippen molar-refractivity contribution in [3.63, 3.8) is 0 Å². The zero-order chi connectivity index (χ0) is 16.5. The molecular weight excluding hydrogens is 286 g/mol. The van der Waals surface area contributed by atoms with E-state index >= 15 is 0 Å². The number of ether oxygens (including phenoxy) is 1. The molecule has 0 aliphatic heterocycles. The number of carbonyl (C=O) groups is 3. The van der Waals surface area contributed by atoms with Crippen molar-refractivity contribution >= 4 is 23.6 Å². The van der Waals surface area contributed by atoms with Gasteiger partial charge in [0.1, 0.15) is 0 Å².